The smallest absolute Gasteiger partial charge is 0.288 e. The summed E-state index contributed by atoms with van der Waals surface area (Å²) in [6.45, 7) is 0. The van der Waals surface area contributed by atoms with Crippen LogP contribution in [0, 0.1) is 10.1 Å². The Kier molecular flexibility index (Phi) is 4.14. The second-order valence-electron chi connectivity index (χ2n) is 4.86. The summed E-state index contributed by atoms with van der Waals surface area (Å²) in [5.74, 6) is -0.510. The zero-order chi connectivity index (χ0) is 14.7. The van der Waals surface area contributed by atoms with Crippen LogP contribution in [0.3, 0.4) is 0 Å². The summed E-state index contributed by atoms with van der Waals surface area (Å²) >= 11 is 0. The van der Waals surface area contributed by atoms with Crippen molar-refractivity contribution in [3.63, 3.8) is 0 Å². The number of carbonyl (C=O) groups excluding carboxylic acids is 1. The van der Waals surface area contributed by atoms with E-state index in [1.165, 1.54) is 0 Å². The van der Waals surface area contributed by atoms with Crippen LogP contribution in [0.4, 0.5) is 11.5 Å². The highest BCUT2D eigenvalue weighted by Gasteiger charge is 2.23. The highest BCUT2D eigenvalue weighted by molar-refractivity contribution is 5.99. The highest BCUT2D eigenvalue weighted by Crippen LogP contribution is 2.20. The molecule has 0 radical (unpaired) electrons. The maximum Gasteiger partial charge on any atom is 0.288 e. The number of nitrogen functional groups attached to an aromatic ring is 1. The number of nitrogens with zero attached hydrogens (tertiary/aromatic N) is 2. The molecule has 1 fully saturated rings. The second-order valence-corrected chi connectivity index (χ2v) is 4.86. The van der Waals surface area contributed by atoms with Gasteiger partial charge in [0, 0.05) is 12.1 Å². The molecule has 1 heterocycles. The molecule has 0 atom stereocenters. The lowest BCUT2D eigenvalue weighted by Gasteiger charge is -2.26. The van der Waals surface area contributed by atoms with Gasteiger partial charge < -0.3 is 16.2 Å². The van der Waals surface area contributed by atoms with Gasteiger partial charge in [-0.3, -0.25) is 14.9 Å². The Bertz CT molecular complexity index is 526. The van der Waals surface area contributed by atoms with Crippen LogP contribution in [0.2, 0.25) is 0 Å². The Labute approximate surface area is 115 Å². The average molecular weight is 280 g/mol. The molecule has 0 aliphatic heterocycles. The van der Waals surface area contributed by atoms with E-state index < -0.39 is 10.8 Å². The number of aromatic nitrogens is 1. The molecule has 108 valence electrons. The van der Waals surface area contributed by atoms with Crippen molar-refractivity contribution in [1.29, 1.82) is 0 Å². The Morgan fingerprint density at radius 1 is 1.45 bits per heavy atom. The van der Waals surface area contributed by atoms with Crippen molar-refractivity contribution in [3.8, 4) is 0 Å². The van der Waals surface area contributed by atoms with E-state index in [2.05, 4.69) is 10.3 Å². The van der Waals surface area contributed by atoms with Gasteiger partial charge in [-0.15, -0.1) is 0 Å². The molecule has 2 rings (SSSR count). The normalized spacial score (nSPS) is 22.2. The first kappa shape index (κ1) is 14.2. The fraction of sp³-hybridized carbons (Fsp3) is 0.500. The lowest BCUT2D eigenvalue weighted by Crippen LogP contribution is -2.38. The van der Waals surface area contributed by atoms with E-state index in [1.807, 2.05) is 0 Å². The van der Waals surface area contributed by atoms with Gasteiger partial charge in [0.1, 0.15) is 12.0 Å². The molecule has 0 spiro atoms. The van der Waals surface area contributed by atoms with Crippen LogP contribution in [0.25, 0.3) is 0 Å². The number of amides is 1. The van der Waals surface area contributed by atoms with E-state index in [9.17, 15) is 20.0 Å². The zero-order valence-electron chi connectivity index (χ0n) is 10.8. The van der Waals surface area contributed by atoms with Crippen molar-refractivity contribution in [1.82, 2.24) is 10.3 Å². The van der Waals surface area contributed by atoms with Gasteiger partial charge in [-0.1, -0.05) is 0 Å². The molecule has 4 N–H and O–H groups in total. The number of hydrogen-bond acceptors (Lipinski definition) is 6. The van der Waals surface area contributed by atoms with Crippen LogP contribution in [0.15, 0.2) is 12.3 Å². The van der Waals surface area contributed by atoms with Gasteiger partial charge in [-0.05, 0) is 25.7 Å². The minimum atomic E-state index is -0.625. The maximum absolute atomic E-state index is 12.1. The van der Waals surface area contributed by atoms with Crippen LogP contribution in [0.1, 0.15) is 36.0 Å². The fourth-order valence-electron chi connectivity index (χ4n) is 2.23. The number of nitrogens with one attached hydrogen (secondary N) is 1. The number of nitro groups is 1. The average Bonchev–Trinajstić information content (AvgIpc) is 2.41. The third-order valence-electron chi connectivity index (χ3n) is 3.39. The summed E-state index contributed by atoms with van der Waals surface area (Å²) in [6, 6.07) is 1.07. The number of pyridine rings is 1. The summed E-state index contributed by atoms with van der Waals surface area (Å²) in [5, 5.41) is 22.9. The molecule has 1 aromatic heterocycles. The molecule has 0 bridgehead atoms. The number of aliphatic hydroxyl groups is 1. The first-order chi connectivity index (χ1) is 9.47. The minimum absolute atomic E-state index is 0.00493. The summed E-state index contributed by atoms with van der Waals surface area (Å²) in [5.41, 5.74) is 5.31. The van der Waals surface area contributed by atoms with Crippen molar-refractivity contribution in [2.45, 2.75) is 37.8 Å². The molecule has 1 amide bonds. The molecule has 1 aromatic rings. The van der Waals surface area contributed by atoms with Gasteiger partial charge in [0.05, 0.1) is 16.6 Å². The number of nitrogens with two attached hydrogens (primary N) is 1. The van der Waals surface area contributed by atoms with Crippen LogP contribution in [-0.4, -0.2) is 33.1 Å². The van der Waals surface area contributed by atoms with Crippen molar-refractivity contribution in [2.24, 2.45) is 0 Å². The third-order valence-corrected chi connectivity index (χ3v) is 3.39. The zero-order valence-corrected chi connectivity index (χ0v) is 10.8. The van der Waals surface area contributed by atoms with Gasteiger partial charge in [0.15, 0.2) is 0 Å². The fourth-order valence-corrected chi connectivity index (χ4v) is 2.23. The predicted octanol–water partition coefficient (Wildman–Crippen LogP) is 0.605. The Morgan fingerprint density at radius 3 is 2.70 bits per heavy atom. The quantitative estimate of drug-likeness (QED) is 0.549. The number of hydrogen-bond donors (Lipinski definition) is 3. The first-order valence-electron chi connectivity index (χ1n) is 6.36. The van der Waals surface area contributed by atoms with Gasteiger partial charge >= 0.3 is 0 Å². The van der Waals surface area contributed by atoms with Crippen molar-refractivity contribution < 1.29 is 14.8 Å². The van der Waals surface area contributed by atoms with Crippen molar-refractivity contribution in [3.05, 3.63) is 27.9 Å². The lowest BCUT2D eigenvalue weighted by atomic mass is 9.93. The maximum atomic E-state index is 12.1. The minimum Gasteiger partial charge on any atom is -0.393 e. The summed E-state index contributed by atoms with van der Waals surface area (Å²) in [7, 11) is 0. The molecule has 8 nitrogen and oxygen atoms in total. The van der Waals surface area contributed by atoms with Crippen molar-refractivity contribution in [2.75, 3.05) is 5.73 Å². The monoisotopic (exact) mass is 280 g/mol. The Balaban J connectivity index is 2.08. The van der Waals surface area contributed by atoms with E-state index in [1.54, 1.807) is 0 Å². The van der Waals surface area contributed by atoms with Gasteiger partial charge in [-0.2, -0.15) is 0 Å². The van der Waals surface area contributed by atoms with Gasteiger partial charge in [-0.25, -0.2) is 4.98 Å². The SMILES string of the molecule is Nc1ncc([N+](=O)[O-])cc1C(=O)NC1CCC(O)CC1. The molecule has 1 saturated carbocycles. The molecular formula is C12H16N4O4. The number of rotatable bonds is 3. The standard InChI is InChI=1S/C12H16N4O4/c13-11-10(5-8(6-14-11)16(19)20)12(18)15-7-1-3-9(17)4-2-7/h5-7,9,17H,1-4H2,(H2,13,14)(H,15,18). The Morgan fingerprint density at radius 2 is 2.10 bits per heavy atom. The van der Waals surface area contributed by atoms with Crippen LogP contribution < -0.4 is 11.1 Å². The number of carbonyl (C=O) groups is 1. The highest BCUT2D eigenvalue weighted by atomic mass is 16.6. The second kappa shape index (κ2) is 5.83. The number of aliphatic hydroxyl groups excluding tert-OH is 1. The first-order valence-corrected chi connectivity index (χ1v) is 6.36. The third kappa shape index (κ3) is 3.21. The topological polar surface area (TPSA) is 131 Å². The summed E-state index contributed by atoms with van der Waals surface area (Å²) in [4.78, 5) is 25.8. The van der Waals surface area contributed by atoms with Crippen LogP contribution in [0.5, 0.6) is 0 Å². The molecule has 0 aromatic carbocycles. The van der Waals surface area contributed by atoms with E-state index in [4.69, 9.17) is 5.73 Å². The largest absolute Gasteiger partial charge is 0.393 e. The lowest BCUT2D eigenvalue weighted by molar-refractivity contribution is -0.385. The van der Waals surface area contributed by atoms with Crippen LogP contribution >= 0.6 is 0 Å². The molecule has 8 heteroatoms. The molecule has 1 aliphatic carbocycles. The van der Waals surface area contributed by atoms with E-state index in [0.29, 0.717) is 25.7 Å². The molecule has 1 aliphatic rings. The summed E-state index contributed by atoms with van der Waals surface area (Å²) in [6.07, 6.45) is 3.32. The van der Waals surface area contributed by atoms with E-state index in [0.717, 1.165) is 12.3 Å². The Hall–Kier alpha value is -2.22. The van der Waals surface area contributed by atoms with Crippen LogP contribution in [-0.2, 0) is 0 Å². The molecule has 0 saturated heterocycles. The molecular weight excluding hydrogens is 264 g/mol. The van der Waals surface area contributed by atoms with Gasteiger partial charge in [0.25, 0.3) is 11.6 Å². The van der Waals surface area contributed by atoms with E-state index in [-0.39, 0.29) is 29.2 Å². The number of anilines is 1. The van der Waals surface area contributed by atoms with Gasteiger partial charge in [0.2, 0.25) is 0 Å². The van der Waals surface area contributed by atoms with Crippen molar-refractivity contribution >= 4 is 17.4 Å². The molecule has 20 heavy (non-hydrogen) atoms. The molecule has 0 unspecified atom stereocenters. The summed E-state index contributed by atoms with van der Waals surface area (Å²) < 4.78 is 0. The van der Waals surface area contributed by atoms with E-state index >= 15 is 0 Å². The predicted molar refractivity (Wildman–Crippen MR) is 71.0 cm³/mol.